The van der Waals surface area contributed by atoms with E-state index in [1.807, 2.05) is 6.08 Å². The number of allylic oxidation sites excluding steroid dienone is 4. The molecule has 0 saturated carbocycles. The van der Waals surface area contributed by atoms with Crippen LogP contribution in [0.4, 0.5) is 0 Å². The van der Waals surface area contributed by atoms with Crippen molar-refractivity contribution in [2.45, 2.75) is 66.0 Å². The molecule has 0 fully saturated rings. The summed E-state index contributed by atoms with van der Waals surface area (Å²) in [5, 5.41) is 8.69. The Hall–Kier alpha value is -0.880. The van der Waals surface area contributed by atoms with Crippen molar-refractivity contribution in [2.24, 2.45) is 0 Å². The zero-order chi connectivity index (χ0) is 15.8. The molecule has 0 aromatic carbocycles. The van der Waals surface area contributed by atoms with Crippen LogP contribution >= 0.6 is 8.53 Å². The molecular weight excluding hydrogens is 283 g/mol. The third-order valence-corrected chi connectivity index (χ3v) is 5.27. The lowest BCUT2D eigenvalue weighted by molar-refractivity contribution is 0.198. The lowest BCUT2D eigenvalue weighted by atomic mass is 10.1. The van der Waals surface area contributed by atoms with Crippen molar-refractivity contribution in [3.63, 3.8) is 0 Å². The minimum absolute atomic E-state index is 0.333. The average Bonchev–Trinajstić information content (AvgIpc) is 2.40. The van der Waals surface area contributed by atoms with Crippen LogP contribution in [0, 0.1) is 11.3 Å². The van der Waals surface area contributed by atoms with Crippen LogP contribution in [0.3, 0.4) is 0 Å². The van der Waals surface area contributed by atoms with Gasteiger partial charge in [-0.15, -0.1) is 0 Å². The van der Waals surface area contributed by atoms with Gasteiger partial charge in [-0.05, 0) is 47.1 Å². The van der Waals surface area contributed by atoms with Gasteiger partial charge in [0, 0.05) is 18.5 Å². The maximum atomic E-state index is 8.69. The summed E-state index contributed by atoms with van der Waals surface area (Å²) in [4.78, 5) is 0. The summed E-state index contributed by atoms with van der Waals surface area (Å²) in [5.74, 6) is 0.981. The van der Waals surface area contributed by atoms with Gasteiger partial charge in [-0.2, -0.15) is 5.26 Å². The van der Waals surface area contributed by atoms with Gasteiger partial charge in [0.05, 0.1) is 19.1 Å². The molecule has 0 spiro atoms. The summed E-state index contributed by atoms with van der Waals surface area (Å²) >= 11 is 0. The second-order valence-corrected chi connectivity index (χ2v) is 7.16. The fourth-order valence-electron chi connectivity index (χ4n) is 2.18. The van der Waals surface area contributed by atoms with E-state index in [4.69, 9.17) is 14.3 Å². The van der Waals surface area contributed by atoms with Crippen LogP contribution in [0.1, 0.15) is 53.9 Å². The van der Waals surface area contributed by atoms with Crippen LogP contribution in [-0.4, -0.2) is 23.4 Å². The van der Waals surface area contributed by atoms with Crippen molar-refractivity contribution >= 4 is 8.53 Å². The number of hydrogen-bond acceptors (Lipinski definition) is 4. The van der Waals surface area contributed by atoms with Gasteiger partial charge in [0.2, 0.25) is 0 Å². The van der Waals surface area contributed by atoms with E-state index < -0.39 is 8.53 Å². The van der Waals surface area contributed by atoms with Gasteiger partial charge in [-0.1, -0.05) is 11.6 Å². The quantitative estimate of drug-likeness (QED) is 0.472. The highest BCUT2D eigenvalue weighted by Gasteiger charge is 2.29. The number of rotatable bonds is 8. The van der Waals surface area contributed by atoms with Gasteiger partial charge in [0.15, 0.2) is 0 Å². The molecule has 0 bridgehead atoms. The largest absolute Gasteiger partial charge is 0.440 e. The molecule has 0 radical (unpaired) electrons. The van der Waals surface area contributed by atoms with E-state index in [-0.39, 0.29) is 0 Å². The second kappa shape index (κ2) is 9.20. The maximum absolute atomic E-state index is 8.69. The Labute approximate surface area is 130 Å². The first-order valence-corrected chi connectivity index (χ1v) is 8.71. The monoisotopic (exact) mass is 310 g/mol. The third kappa shape index (κ3) is 6.18. The predicted octanol–water partition coefficient (Wildman–Crippen LogP) is 4.90. The van der Waals surface area contributed by atoms with Gasteiger partial charge in [0.25, 0.3) is 0 Å². The normalized spacial score (nSPS) is 16.7. The third-order valence-electron chi connectivity index (χ3n) is 3.18. The van der Waals surface area contributed by atoms with Crippen molar-refractivity contribution in [3.05, 3.63) is 23.5 Å². The van der Waals surface area contributed by atoms with Gasteiger partial charge in [-0.25, -0.2) is 4.67 Å². The summed E-state index contributed by atoms with van der Waals surface area (Å²) in [6.07, 6.45) is 6.50. The van der Waals surface area contributed by atoms with Crippen LogP contribution in [0.2, 0.25) is 0 Å². The van der Waals surface area contributed by atoms with E-state index in [1.54, 1.807) is 0 Å². The Bertz CT molecular complexity index is 416. The Morgan fingerprint density at radius 2 is 1.90 bits per heavy atom. The lowest BCUT2D eigenvalue weighted by Gasteiger charge is -2.36. The SMILES string of the molecule is CC1=CC=C(OP(OCCC#N)N(C(C)C)C(C)C)CC1. The maximum Gasteiger partial charge on any atom is 0.321 e. The van der Waals surface area contributed by atoms with Crippen LogP contribution < -0.4 is 0 Å². The van der Waals surface area contributed by atoms with Gasteiger partial charge in [0.1, 0.15) is 5.76 Å². The first-order valence-electron chi connectivity index (χ1n) is 7.58. The molecule has 0 aliphatic heterocycles. The smallest absolute Gasteiger partial charge is 0.321 e. The van der Waals surface area contributed by atoms with E-state index in [1.165, 1.54) is 5.57 Å². The molecule has 4 nitrogen and oxygen atoms in total. The summed E-state index contributed by atoms with van der Waals surface area (Å²) < 4.78 is 14.3. The van der Waals surface area contributed by atoms with Crippen LogP contribution in [0.25, 0.3) is 0 Å². The molecule has 0 N–H and O–H groups in total. The molecule has 21 heavy (non-hydrogen) atoms. The fourth-order valence-corrected chi connectivity index (χ4v) is 3.82. The zero-order valence-corrected chi connectivity index (χ0v) is 14.7. The highest BCUT2D eigenvalue weighted by molar-refractivity contribution is 7.44. The zero-order valence-electron chi connectivity index (χ0n) is 13.8. The molecule has 0 amide bonds. The summed E-state index contributed by atoms with van der Waals surface area (Å²) in [6, 6.07) is 2.78. The van der Waals surface area contributed by atoms with Crippen molar-refractivity contribution in [3.8, 4) is 6.07 Å². The molecule has 1 aliphatic rings. The fraction of sp³-hybridized carbons (Fsp3) is 0.688. The Morgan fingerprint density at radius 1 is 1.24 bits per heavy atom. The average molecular weight is 310 g/mol. The van der Waals surface area contributed by atoms with Crippen molar-refractivity contribution in [1.82, 2.24) is 4.67 Å². The standard InChI is InChI=1S/C16H27N2O2P/c1-13(2)18(14(3)4)21(19-12-6-11-17)20-16-9-7-15(5)8-10-16/h7,9,13-14H,6,8,10,12H2,1-5H3. The van der Waals surface area contributed by atoms with Gasteiger partial charge in [-0.3, -0.25) is 0 Å². The summed E-state index contributed by atoms with van der Waals surface area (Å²) in [6.45, 7) is 11.1. The molecule has 0 aromatic rings. The molecule has 5 heteroatoms. The van der Waals surface area contributed by atoms with E-state index in [9.17, 15) is 0 Å². The van der Waals surface area contributed by atoms with Crippen molar-refractivity contribution in [1.29, 1.82) is 5.26 Å². The van der Waals surface area contributed by atoms with Gasteiger partial charge >= 0.3 is 8.53 Å². The molecule has 118 valence electrons. The Morgan fingerprint density at radius 3 is 2.38 bits per heavy atom. The van der Waals surface area contributed by atoms with E-state index in [0.717, 1.165) is 18.6 Å². The Kier molecular flexibility index (Phi) is 7.96. The first kappa shape index (κ1) is 18.2. The van der Waals surface area contributed by atoms with Crippen LogP contribution in [0.5, 0.6) is 0 Å². The number of hydrogen-bond donors (Lipinski definition) is 0. The van der Waals surface area contributed by atoms with E-state index in [2.05, 4.69) is 51.4 Å². The molecule has 1 rings (SSSR count). The second-order valence-electron chi connectivity index (χ2n) is 5.78. The van der Waals surface area contributed by atoms with E-state index >= 15 is 0 Å². The van der Waals surface area contributed by atoms with E-state index in [0.29, 0.717) is 25.1 Å². The molecule has 1 aliphatic carbocycles. The Balaban J connectivity index is 2.78. The molecule has 1 atom stereocenters. The number of nitriles is 1. The van der Waals surface area contributed by atoms with Gasteiger partial charge < -0.3 is 9.05 Å². The van der Waals surface area contributed by atoms with Crippen molar-refractivity contribution < 1.29 is 9.05 Å². The molecular formula is C16H27N2O2P. The summed E-state index contributed by atoms with van der Waals surface area (Å²) in [5.41, 5.74) is 1.38. The minimum atomic E-state index is -1.17. The first-order chi connectivity index (χ1) is 9.95. The number of nitrogens with zero attached hydrogens (tertiary/aromatic N) is 2. The molecule has 0 saturated heterocycles. The van der Waals surface area contributed by atoms with Crippen LogP contribution in [-0.2, 0) is 9.05 Å². The van der Waals surface area contributed by atoms with Crippen molar-refractivity contribution in [2.75, 3.05) is 6.61 Å². The molecule has 0 heterocycles. The topological polar surface area (TPSA) is 45.5 Å². The predicted molar refractivity (Wildman–Crippen MR) is 87.4 cm³/mol. The molecule has 1 unspecified atom stereocenters. The molecule has 0 aromatic heterocycles. The van der Waals surface area contributed by atoms with Crippen LogP contribution in [0.15, 0.2) is 23.5 Å². The highest BCUT2D eigenvalue weighted by Crippen LogP contribution is 2.48. The summed E-state index contributed by atoms with van der Waals surface area (Å²) in [7, 11) is -1.17. The minimum Gasteiger partial charge on any atom is -0.440 e. The highest BCUT2D eigenvalue weighted by atomic mass is 31.2. The lowest BCUT2D eigenvalue weighted by Crippen LogP contribution is -2.33.